The number of hydrogen-bond donors (Lipinski definition) is 1. The van der Waals surface area contributed by atoms with E-state index in [4.69, 9.17) is 12.2 Å². The first kappa shape index (κ1) is 11.7. The molecule has 0 aliphatic heterocycles. The van der Waals surface area contributed by atoms with Crippen molar-refractivity contribution in [1.82, 2.24) is 14.9 Å². The van der Waals surface area contributed by atoms with Crippen LogP contribution in [0.25, 0.3) is 0 Å². The molecule has 1 aromatic carbocycles. The Labute approximate surface area is 105 Å². The molecule has 17 heavy (non-hydrogen) atoms. The van der Waals surface area contributed by atoms with Crippen LogP contribution in [-0.2, 0) is 6.42 Å². The Hall–Kier alpha value is -1.75. The van der Waals surface area contributed by atoms with Gasteiger partial charge in [-0.3, -0.25) is 5.10 Å². The highest BCUT2D eigenvalue weighted by Gasteiger charge is 2.02. The molecule has 2 rings (SSSR count). The van der Waals surface area contributed by atoms with Gasteiger partial charge in [-0.15, -0.1) is 0 Å². The van der Waals surface area contributed by atoms with E-state index in [9.17, 15) is 0 Å². The molecule has 5 heteroatoms. The Morgan fingerprint density at radius 3 is 2.88 bits per heavy atom. The summed E-state index contributed by atoms with van der Waals surface area (Å²) in [6.07, 6.45) is 3.66. The Balaban J connectivity index is 2.26. The van der Waals surface area contributed by atoms with E-state index in [1.165, 1.54) is 0 Å². The van der Waals surface area contributed by atoms with Gasteiger partial charge in [0, 0.05) is 6.42 Å². The molecule has 4 nitrogen and oxygen atoms in total. The summed E-state index contributed by atoms with van der Waals surface area (Å²) < 4.78 is 2.20. The Morgan fingerprint density at radius 1 is 1.41 bits per heavy atom. The maximum Gasteiger partial charge on any atom is 0.216 e. The van der Waals surface area contributed by atoms with Crippen LogP contribution in [-0.4, -0.2) is 21.1 Å². The largest absolute Gasteiger partial charge is 0.250 e. The third-order valence-corrected chi connectivity index (χ3v) is 2.58. The topological polar surface area (TPSA) is 46.0 Å². The highest BCUT2D eigenvalue weighted by molar-refractivity contribution is 7.71. The Kier molecular flexibility index (Phi) is 3.82. The van der Waals surface area contributed by atoms with Gasteiger partial charge in [0.1, 0.15) is 0 Å². The van der Waals surface area contributed by atoms with Crippen LogP contribution in [0.1, 0.15) is 24.7 Å². The van der Waals surface area contributed by atoms with Crippen molar-refractivity contribution in [3.63, 3.8) is 0 Å². The number of H-pyrrole nitrogens is 1. The molecule has 0 aliphatic rings. The van der Waals surface area contributed by atoms with Crippen LogP contribution < -0.4 is 0 Å². The maximum atomic E-state index is 5.13. The second-order valence-corrected chi connectivity index (χ2v) is 4.05. The SMILES string of the molecule is CCCc1n[nH]c(=S)n1/N=C/c1ccccc1. The zero-order valence-corrected chi connectivity index (χ0v) is 10.4. The third-order valence-electron chi connectivity index (χ3n) is 2.31. The Morgan fingerprint density at radius 2 is 2.18 bits per heavy atom. The molecule has 0 unspecified atom stereocenters. The summed E-state index contributed by atoms with van der Waals surface area (Å²) in [7, 11) is 0. The zero-order chi connectivity index (χ0) is 12.1. The van der Waals surface area contributed by atoms with Crippen molar-refractivity contribution in [2.24, 2.45) is 5.10 Å². The number of aromatic amines is 1. The first-order valence-electron chi connectivity index (χ1n) is 5.57. The van der Waals surface area contributed by atoms with Gasteiger partial charge in [-0.05, 0) is 24.2 Å². The first-order chi connectivity index (χ1) is 8.31. The van der Waals surface area contributed by atoms with Gasteiger partial charge in [0.2, 0.25) is 4.77 Å². The smallest absolute Gasteiger partial charge is 0.216 e. The summed E-state index contributed by atoms with van der Waals surface area (Å²) >= 11 is 5.13. The first-order valence-corrected chi connectivity index (χ1v) is 5.98. The molecule has 1 aromatic heterocycles. The molecule has 0 saturated heterocycles. The average Bonchev–Trinajstić information content (AvgIpc) is 2.70. The van der Waals surface area contributed by atoms with Gasteiger partial charge in [0.25, 0.3) is 0 Å². The van der Waals surface area contributed by atoms with Crippen LogP contribution in [0.3, 0.4) is 0 Å². The number of hydrogen-bond acceptors (Lipinski definition) is 3. The number of benzene rings is 1. The molecule has 0 saturated carbocycles. The summed E-state index contributed by atoms with van der Waals surface area (Å²) in [5, 5.41) is 11.3. The van der Waals surface area contributed by atoms with E-state index in [0.29, 0.717) is 4.77 Å². The predicted molar refractivity (Wildman–Crippen MR) is 70.8 cm³/mol. The lowest BCUT2D eigenvalue weighted by atomic mass is 10.2. The molecule has 1 heterocycles. The molecule has 0 amide bonds. The van der Waals surface area contributed by atoms with Gasteiger partial charge in [-0.1, -0.05) is 37.3 Å². The van der Waals surface area contributed by atoms with Gasteiger partial charge in [0.15, 0.2) is 5.82 Å². The second-order valence-electron chi connectivity index (χ2n) is 3.66. The molecular weight excluding hydrogens is 232 g/mol. The number of rotatable bonds is 4. The predicted octanol–water partition coefficient (Wildman–Crippen LogP) is 2.78. The molecule has 1 N–H and O–H groups in total. The van der Waals surface area contributed by atoms with Crippen molar-refractivity contribution < 1.29 is 0 Å². The minimum atomic E-state index is 0.528. The minimum absolute atomic E-state index is 0.528. The molecule has 2 aromatic rings. The number of aryl methyl sites for hydroxylation is 1. The standard InChI is InChI=1S/C12H14N4S/c1-2-6-11-14-15-12(17)16(11)13-9-10-7-4-3-5-8-10/h3-5,7-9H,2,6H2,1H3,(H,15,17)/b13-9+. The number of aromatic nitrogens is 3. The third kappa shape index (κ3) is 2.88. The van der Waals surface area contributed by atoms with Gasteiger partial charge in [0.05, 0.1) is 6.21 Å². The molecule has 0 bridgehead atoms. The fourth-order valence-corrected chi connectivity index (χ4v) is 1.69. The van der Waals surface area contributed by atoms with Crippen LogP contribution in [0, 0.1) is 4.77 Å². The normalized spacial score (nSPS) is 11.1. The van der Waals surface area contributed by atoms with Crippen LogP contribution in [0.4, 0.5) is 0 Å². The van der Waals surface area contributed by atoms with E-state index < -0.39 is 0 Å². The average molecular weight is 246 g/mol. The maximum absolute atomic E-state index is 5.13. The van der Waals surface area contributed by atoms with Gasteiger partial charge in [-0.25, -0.2) is 0 Å². The van der Waals surface area contributed by atoms with E-state index in [-0.39, 0.29) is 0 Å². The van der Waals surface area contributed by atoms with Crippen molar-refractivity contribution in [2.75, 3.05) is 0 Å². The molecule has 0 atom stereocenters. The molecule has 0 radical (unpaired) electrons. The van der Waals surface area contributed by atoms with Crippen molar-refractivity contribution >= 4 is 18.4 Å². The van der Waals surface area contributed by atoms with Crippen LogP contribution in [0.2, 0.25) is 0 Å². The van der Waals surface area contributed by atoms with Crippen molar-refractivity contribution in [2.45, 2.75) is 19.8 Å². The van der Waals surface area contributed by atoms with Crippen LogP contribution >= 0.6 is 12.2 Å². The van der Waals surface area contributed by atoms with Gasteiger partial charge < -0.3 is 0 Å². The highest BCUT2D eigenvalue weighted by atomic mass is 32.1. The molecule has 0 spiro atoms. The van der Waals surface area contributed by atoms with E-state index in [2.05, 4.69) is 22.2 Å². The summed E-state index contributed by atoms with van der Waals surface area (Å²) in [5.74, 6) is 0.865. The zero-order valence-electron chi connectivity index (χ0n) is 9.63. The number of nitrogens with zero attached hydrogens (tertiary/aromatic N) is 3. The van der Waals surface area contributed by atoms with Crippen molar-refractivity contribution in [3.8, 4) is 0 Å². The Bertz CT molecular complexity index is 553. The summed E-state index contributed by atoms with van der Waals surface area (Å²) in [6, 6.07) is 9.91. The summed E-state index contributed by atoms with van der Waals surface area (Å²) in [6.45, 7) is 2.10. The van der Waals surface area contributed by atoms with E-state index in [1.807, 2.05) is 30.3 Å². The highest BCUT2D eigenvalue weighted by Crippen LogP contribution is 2.02. The fourth-order valence-electron chi connectivity index (χ4n) is 1.49. The lowest BCUT2D eigenvalue weighted by Crippen LogP contribution is -1.98. The van der Waals surface area contributed by atoms with Crippen LogP contribution in [0.5, 0.6) is 0 Å². The molecule has 88 valence electrons. The molecular formula is C12H14N4S. The minimum Gasteiger partial charge on any atom is -0.250 e. The van der Waals surface area contributed by atoms with E-state index >= 15 is 0 Å². The van der Waals surface area contributed by atoms with Crippen molar-refractivity contribution in [3.05, 3.63) is 46.5 Å². The second kappa shape index (κ2) is 5.54. The number of nitrogens with one attached hydrogen (secondary N) is 1. The van der Waals surface area contributed by atoms with E-state index in [0.717, 1.165) is 24.2 Å². The van der Waals surface area contributed by atoms with Gasteiger partial charge >= 0.3 is 0 Å². The molecule has 0 aliphatic carbocycles. The van der Waals surface area contributed by atoms with E-state index in [1.54, 1.807) is 10.9 Å². The van der Waals surface area contributed by atoms with Crippen LogP contribution in [0.15, 0.2) is 35.4 Å². The lowest BCUT2D eigenvalue weighted by molar-refractivity contribution is 0.740. The lowest BCUT2D eigenvalue weighted by Gasteiger charge is -1.97. The summed E-state index contributed by atoms with van der Waals surface area (Å²) in [5.41, 5.74) is 1.04. The summed E-state index contributed by atoms with van der Waals surface area (Å²) in [4.78, 5) is 0. The monoisotopic (exact) mass is 246 g/mol. The van der Waals surface area contributed by atoms with Gasteiger partial charge in [-0.2, -0.15) is 14.9 Å². The van der Waals surface area contributed by atoms with Crippen molar-refractivity contribution in [1.29, 1.82) is 0 Å². The quantitative estimate of drug-likeness (QED) is 0.666. The molecule has 0 fully saturated rings. The fraction of sp³-hybridized carbons (Fsp3) is 0.250.